The Kier molecular flexibility index (Phi) is 9.08. The van der Waals surface area contributed by atoms with Gasteiger partial charge in [-0.2, -0.15) is 0 Å². The fourth-order valence-corrected chi connectivity index (χ4v) is 3.11. The van der Waals surface area contributed by atoms with Gasteiger partial charge in [0.05, 0.1) is 0 Å². The van der Waals surface area contributed by atoms with E-state index in [9.17, 15) is 9.59 Å². The van der Waals surface area contributed by atoms with Crippen LogP contribution in [0.25, 0.3) is 0 Å². The highest BCUT2D eigenvalue weighted by atomic mass is 16.1. The van der Waals surface area contributed by atoms with Gasteiger partial charge in [-0.3, -0.25) is 9.59 Å². The van der Waals surface area contributed by atoms with Crippen molar-refractivity contribution in [1.29, 1.82) is 0 Å². The minimum absolute atomic E-state index is 0.186. The van der Waals surface area contributed by atoms with Crippen molar-refractivity contribution in [1.82, 2.24) is 0 Å². The third-order valence-corrected chi connectivity index (χ3v) is 4.71. The van der Waals surface area contributed by atoms with E-state index in [2.05, 4.69) is 41.5 Å². The summed E-state index contributed by atoms with van der Waals surface area (Å²) in [7, 11) is 0. The third kappa shape index (κ3) is 6.76. The molecule has 0 heterocycles. The molecule has 21 heavy (non-hydrogen) atoms. The van der Waals surface area contributed by atoms with Gasteiger partial charge in [-0.05, 0) is 32.1 Å². The molecule has 0 aliphatic heterocycles. The van der Waals surface area contributed by atoms with Crippen LogP contribution in [0.1, 0.15) is 99.3 Å². The molecule has 2 heteroatoms. The van der Waals surface area contributed by atoms with Crippen LogP contribution in [0.3, 0.4) is 0 Å². The average Bonchev–Trinajstić information content (AvgIpc) is 2.39. The van der Waals surface area contributed by atoms with Gasteiger partial charge < -0.3 is 0 Å². The number of Topliss-reactive ketones (excluding diaryl/α,β-unsaturated/α-hetero) is 2. The maximum atomic E-state index is 12.4. The van der Waals surface area contributed by atoms with Crippen LogP contribution in [0.15, 0.2) is 0 Å². The lowest BCUT2D eigenvalue weighted by Crippen LogP contribution is -2.29. The van der Waals surface area contributed by atoms with Crippen molar-refractivity contribution in [3.8, 4) is 0 Å². The van der Waals surface area contributed by atoms with Gasteiger partial charge in [-0.25, -0.2) is 0 Å². The first-order valence-corrected chi connectivity index (χ1v) is 8.80. The zero-order valence-corrected chi connectivity index (χ0v) is 15.2. The molecule has 0 aromatic heterocycles. The van der Waals surface area contributed by atoms with E-state index in [1.807, 2.05) is 0 Å². The lowest BCUT2D eigenvalue weighted by atomic mass is 9.73. The molecule has 0 saturated carbocycles. The lowest BCUT2D eigenvalue weighted by Gasteiger charge is -2.30. The van der Waals surface area contributed by atoms with Gasteiger partial charge in [0.15, 0.2) is 0 Å². The van der Waals surface area contributed by atoms with Crippen molar-refractivity contribution in [2.24, 2.45) is 10.8 Å². The minimum atomic E-state index is -0.239. The van der Waals surface area contributed by atoms with Gasteiger partial charge in [-0.15, -0.1) is 0 Å². The average molecular weight is 296 g/mol. The number of hydrogen-bond donors (Lipinski definition) is 0. The third-order valence-electron chi connectivity index (χ3n) is 4.71. The molecule has 0 fully saturated rings. The summed E-state index contributed by atoms with van der Waals surface area (Å²) >= 11 is 0. The second kappa shape index (κ2) is 9.38. The second-order valence-electron chi connectivity index (χ2n) is 7.39. The molecule has 0 aromatic rings. The summed E-state index contributed by atoms with van der Waals surface area (Å²) in [6.45, 7) is 12.5. The monoisotopic (exact) mass is 296 g/mol. The van der Waals surface area contributed by atoms with E-state index in [1.54, 1.807) is 0 Å². The molecule has 0 aromatic carbocycles. The Balaban J connectivity index is 4.56. The summed E-state index contributed by atoms with van der Waals surface area (Å²) in [6.07, 6.45) is 8.01. The molecule has 0 rings (SSSR count). The summed E-state index contributed by atoms with van der Waals surface area (Å²) in [5.41, 5.74) is -0.425. The van der Waals surface area contributed by atoms with Gasteiger partial charge in [0.1, 0.15) is 11.6 Å². The molecule has 0 aliphatic rings. The number of ketones is 2. The molecule has 0 N–H and O–H groups in total. The highest BCUT2D eigenvalue weighted by molar-refractivity contribution is 5.84. The van der Waals surface area contributed by atoms with Gasteiger partial charge >= 0.3 is 0 Å². The van der Waals surface area contributed by atoms with E-state index in [0.29, 0.717) is 24.4 Å². The van der Waals surface area contributed by atoms with Crippen LogP contribution in [0.4, 0.5) is 0 Å². The number of hydrogen-bond acceptors (Lipinski definition) is 2. The van der Waals surface area contributed by atoms with Crippen molar-refractivity contribution < 1.29 is 9.59 Å². The summed E-state index contributed by atoms with van der Waals surface area (Å²) in [4.78, 5) is 24.5. The maximum absolute atomic E-state index is 12.4. The molecule has 124 valence electrons. The maximum Gasteiger partial charge on any atom is 0.138 e. The van der Waals surface area contributed by atoms with E-state index in [4.69, 9.17) is 0 Å². The normalized spacial score (nSPS) is 14.8. The zero-order chi connectivity index (χ0) is 16.5. The molecule has 0 bridgehead atoms. The topological polar surface area (TPSA) is 34.1 Å². The first-order valence-electron chi connectivity index (χ1n) is 8.80. The quantitative estimate of drug-likeness (QED) is 0.461. The van der Waals surface area contributed by atoms with Gasteiger partial charge in [0, 0.05) is 23.7 Å². The van der Waals surface area contributed by atoms with Gasteiger partial charge in [0.2, 0.25) is 0 Å². The Bertz CT molecular complexity index is 330. The van der Waals surface area contributed by atoms with Crippen molar-refractivity contribution >= 4 is 11.6 Å². The number of carbonyl (C=O) groups excluding carboxylic acids is 2. The van der Waals surface area contributed by atoms with Gasteiger partial charge in [0.25, 0.3) is 0 Å². The fraction of sp³-hybridized carbons (Fsp3) is 0.895. The molecule has 0 saturated heterocycles. The van der Waals surface area contributed by atoms with Crippen LogP contribution in [-0.4, -0.2) is 11.6 Å². The van der Waals surface area contributed by atoms with Crippen LogP contribution in [0.2, 0.25) is 0 Å². The summed E-state index contributed by atoms with van der Waals surface area (Å²) in [5.74, 6) is 0.770. The van der Waals surface area contributed by atoms with Crippen molar-refractivity contribution in [3.05, 3.63) is 0 Å². The molecule has 0 spiro atoms. The molecular weight excluding hydrogens is 260 g/mol. The highest BCUT2D eigenvalue weighted by Crippen LogP contribution is 2.35. The van der Waals surface area contributed by atoms with E-state index in [1.165, 1.54) is 0 Å². The molecular formula is C19H36O2. The predicted molar refractivity (Wildman–Crippen MR) is 90.5 cm³/mol. The standard InChI is InChI=1S/C19H36O2/c1-7-11-16(20)18(4,5)14-10-15-19(6,13-9-3)17(21)12-8-2/h7-15H2,1-6H3. The fourth-order valence-electron chi connectivity index (χ4n) is 3.11. The van der Waals surface area contributed by atoms with E-state index in [0.717, 1.165) is 44.9 Å². The Labute approximate surface area is 132 Å². The van der Waals surface area contributed by atoms with E-state index >= 15 is 0 Å². The van der Waals surface area contributed by atoms with Crippen LogP contribution in [0, 0.1) is 10.8 Å². The van der Waals surface area contributed by atoms with Crippen molar-refractivity contribution in [2.45, 2.75) is 99.3 Å². The molecule has 0 radical (unpaired) electrons. The zero-order valence-electron chi connectivity index (χ0n) is 15.2. The molecule has 0 amide bonds. The second-order valence-corrected chi connectivity index (χ2v) is 7.39. The minimum Gasteiger partial charge on any atom is -0.299 e. The Morgan fingerprint density at radius 2 is 1.24 bits per heavy atom. The van der Waals surface area contributed by atoms with E-state index in [-0.39, 0.29) is 10.8 Å². The molecule has 1 unspecified atom stereocenters. The SMILES string of the molecule is CCCC(=O)C(C)(C)CCCC(C)(CCC)C(=O)CCC. The molecule has 2 nitrogen and oxygen atoms in total. The molecule has 0 aliphatic carbocycles. The summed E-state index contributed by atoms with van der Waals surface area (Å²) in [5, 5.41) is 0. The summed E-state index contributed by atoms with van der Waals surface area (Å²) < 4.78 is 0. The molecule has 1 atom stereocenters. The Hall–Kier alpha value is -0.660. The van der Waals surface area contributed by atoms with Crippen LogP contribution < -0.4 is 0 Å². The number of carbonyl (C=O) groups is 2. The van der Waals surface area contributed by atoms with Crippen LogP contribution in [0.5, 0.6) is 0 Å². The van der Waals surface area contributed by atoms with Crippen molar-refractivity contribution in [3.63, 3.8) is 0 Å². The predicted octanol–water partition coefficient (Wildman–Crippen LogP) is 5.73. The lowest BCUT2D eigenvalue weighted by molar-refractivity contribution is -0.129. The first-order chi connectivity index (χ1) is 9.73. The van der Waals surface area contributed by atoms with Crippen LogP contribution in [-0.2, 0) is 9.59 Å². The largest absolute Gasteiger partial charge is 0.299 e. The van der Waals surface area contributed by atoms with Gasteiger partial charge in [-0.1, -0.05) is 54.4 Å². The highest BCUT2D eigenvalue weighted by Gasteiger charge is 2.32. The van der Waals surface area contributed by atoms with Crippen molar-refractivity contribution in [2.75, 3.05) is 0 Å². The Morgan fingerprint density at radius 3 is 1.71 bits per heavy atom. The number of rotatable bonds is 12. The Morgan fingerprint density at radius 1 is 0.714 bits per heavy atom. The summed E-state index contributed by atoms with van der Waals surface area (Å²) in [6, 6.07) is 0. The smallest absolute Gasteiger partial charge is 0.138 e. The van der Waals surface area contributed by atoms with E-state index < -0.39 is 0 Å². The van der Waals surface area contributed by atoms with Crippen LogP contribution >= 0.6 is 0 Å². The first kappa shape index (κ1) is 20.3.